The summed E-state index contributed by atoms with van der Waals surface area (Å²) in [5.41, 5.74) is 0. The minimum atomic E-state index is 0.148. The first-order valence-electron chi connectivity index (χ1n) is 4.28. The van der Waals surface area contributed by atoms with Crippen LogP contribution in [0, 0.1) is 0 Å². The van der Waals surface area contributed by atoms with Crippen molar-refractivity contribution in [2.45, 2.75) is 37.6 Å². The summed E-state index contributed by atoms with van der Waals surface area (Å²) in [6.07, 6.45) is 4.46. The molecule has 0 aromatic heterocycles. The van der Waals surface area contributed by atoms with Crippen LogP contribution < -0.4 is 0 Å². The van der Waals surface area contributed by atoms with Gasteiger partial charge in [-0.2, -0.15) is 0 Å². The molecular weight excluding hydrogens is 144 g/mol. The third-order valence-corrected chi connectivity index (χ3v) is 2.28. The van der Waals surface area contributed by atoms with Crippen LogP contribution >= 0.6 is 0 Å². The first kappa shape index (κ1) is 7.53. The average molecular weight is 158 g/mol. The highest BCUT2D eigenvalue weighted by Crippen LogP contribution is 2.28. The lowest BCUT2D eigenvalue weighted by Crippen LogP contribution is -1.99. The minimum absolute atomic E-state index is 0.148. The second kappa shape index (κ2) is 3.09. The maximum Gasteiger partial charge on any atom is 0.107 e. The molecule has 0 radical (unpaired) electrons. The van der Waals surface area contributed by atoms with E-state index < -0.39 is 0 Å². The fraction of sp³-hybridized carbons (Fsp3) is 1.00. The van der Waals surface area contributed by atoms with Gasteiger partial charge >= 0.3 is 0 Å². The van der Waals surface area contributed by atoms with Gasteiger partial charge in [0.1, 0.15) is 6.10 Å². The molecule has 3 atom stereocenters. The molecule has 3 nitrogen and oxygen atoms in total. The molecular formula is C8H14O3. The van der Waals surface area contributed by atoms with Crippen molar-refractivity contribution in [3.8, 4) is 0 Å². The van der Waals surface area contributed by atoms with Crippen molar-refractivity contribution < 1.29 is 14.6 Å². The van der Waals surface area contributed by atoms with Crippen LogP contribution in [0.5, 0.6) is 0 Å². The van der Waals surface area contributed by atoms with Crippen LogP contribution in [-0.2, 0) is 9.47 Å². The van der Waals surface area contributed by atoms with Crippen LogP contribution in [0.3, 0.4) is 0 Å². The van der Waals surface area contributed by atoms with Gasteiger partial charge in [0.05, 0.1) is 25.4 Å². The lowest BCUT2D eigenvalue weighted by molar-refractivity contribution is 0.241. The summed E-state index contributed by atoms with van der Waals surface area (Å²) in [6.45, 7) is 1.14. The topological polar surface area (TPSA) is 45.3 Å². The Morgan fingerprint density at radius 3 is 2.64 bits per heavy atom. The molecule has 2 aliphatic rings. The Hall–Kier alpha value is -0.120. The first-order chi connectivity index (χ1) is 5.40. The van der Waals surface area contributed by atoms with Gasteiger partial charge in [0.2, 0.25) is 0 Å². The summed E-state index contributed by atoms with van der Waals surface area (Å²) in [6, 6.07) is 0. The normalized spacial score (nSPS) is 40.6. The zero-order valence-corrected chi connectivity index (χ0v) is 6.53. The van der Waals surface area contributed by atoms with Gasteiger partial charge < -0.3 is 14.6 Å². The van der Waals surface area contributed by atoms with E-state index >= 15 is 0 Å². The van der Waals surface area contributed by atoms with E-state index in [1.165, 1.54) is 6.42 Å². The fourth-order valence-electron chi connectivity index (χ4n) is 1.38. The van der Waals surface area contributed by atoms with Gasteiger partial charge in [0.25, 0.3) is 0 Å². The monoisotopic (exact) mass is 158 g/mol. The van der Waals surface area contributed by atoms with Crippen molar-refractivity contribution in [1.29, 1.82) is 0 Å². The number of hydrogen-bond acceptors (Lipinski definition) is 3. The van der Waals surface area contributed by atoms with Crippen molar-refractivity contribution in [1.82, 2.24) is 0 Å². The second-order valence-electron chi connectivity index (χ2n) is 3.28. The fourth-order valence-corrected chi connectivity index (χ4v) is 1.38. The molecule has 0 aromatic rings. The van der Waals surface area contributed by atoms with Gasteiger partial charge in [0.15, 0.2) is 0 Å². The second-order valence-corrected chi connectivity index (χ2v) is 3.28. The molecule has 64 valence electrons. The molecule has 3 unspecified atom stereocenters. The van der Waals surface area contributed by atoms with E-state index in [0.717, 1.165) is 19.4 Å². The van der Waals surface area contributed by atoms with Gasteiger partial charge in [-0.15, -0.1) is 0 Å². The van der Waals surface area contributed by atoms with Gasteiger partial charge in [-0.05, 0) is 19.3 Å². The SMILES string of the molecule is OCC1OC1CCCC1CO1. The molecule has 2 saturated heterocycles. The highest BCUT2D eigenvalue weighted by molar-refractivity contribution is 4.84. The van der Waals surface area contributed by atoms with E-state index in [1.807, 2.05) is 0 Å². The molecule has 0 amide bonds. The maximum atomic E-state index is 8.65. The molecule has 0 saturated carbocycles. The molecule has 2 fully saturated rings. The Morgan fingerprint density at radius 1 is 1.27 bits per heavy atom. The summed E-state index contributed by atoms with van der Waals surface area (Å²) in [7, 11) is 0. The zero-order chi connectivity index (χ0) is 7.68. The highest BCUT2D eigenvalue weighted by Gasteiger charge is 2.37. The molecule has 2 rings (SSSR count). The molecule has 1 N–H and O–H groups in total. The first-order valence-corrected chi connectivity index (χ1v) is 4.28. The van der Waals surface area contributed by atoms with Crippen molar-refractivity contribution in [3.05, 3.63) is 0 Å². The van der Waals surface area contributed by atoms with Crippen molar-refractivity contribution in [2.75, 3.05) is 13.2 Å². The number of ether oxygens (including phenoxy) is 2. The van der Waals surface area contributed by atoms with Gasteiger partial charge in [0, 0.05) is 0 Å². The number of hydrogen-bond donors (Lipinski definition) is 1. The third kappa shape index (κ3) is 2.15. The molecule has 0 aromatic carbocycles. The van der Waals surface area contributed by atoms with Gasteiger partial charge in [-0.25, -0.2) is 0 Å². The Kier molecular flexibility index (Phi) is 2.11. The summed E-state index contributed by atoms with van der Waals surface area (Å²) in [4.78, 5) is 0. The Balaban J connectivity index is 1.47. The summed E-state index contributed by atoms with van der Waals surface area (Å²) in [5, 5.41) is 8.65. The van der Waals surface area contributed by atoms with Gasteiger partial charge in [-0.3, -0.25) is 0 Å². The van der Waals surface area contributed by atoms with Crippen LogP contribution in [0.15, 0.2) is 0 Å². The van der Waals surface area contributed by atoms with Crippen molar-refractivity contribution in [3.63, 3.8) is 0 Å². The molecule has 0 spiro atoms. The molecule has 0 bridgehead atoms. The molecule has 0 aliphatic carbocycles. The average Bonchev–Trinajstić information content (AvgIpc) is 2.79. The molecule has 2 heterocycles. The van der Waals surface area contributed by atoms with Crippen LogP contribution in [-0.4, -0.2) is 36.6 Å². The van der Waals surface area contributed by atoms with Crippen LogP contribution in [0.1, 0.15) is 19.3 Å². The Morgan fingerprint density at radius 2 is 2.09 bits per heavy atom. The molecule has 3 heteroatoms. The predicted octanol–water partition coefficient (Wildman–Crippen LogP) is 0.315. The Bertz CT molecular complexity index is 133. The number of aliphatic hydroxyl groups excluding tert-OH is 1. The minimum Gasteiger partial charge on any atom is -0.394 e. The quantitative estimate of drug-likeness (QED) is 0.586. The summed E-state index contributed by atoms with van der Waals surface area (Å²) < 4.78 is 10.3. The van der Waals surface area contributed by atoms with Crippen molar-refractivity contribution in [2.24, 2.45) is 0 Å². The molecule has 11 heavy (non-hydrogen) atoms. The van der Waals surface area contributed by atoms with E-state index in [4.69, 9.17) is 14.6 Å². The lowest BCUT2D eigenvalue weighted by Gasteiger charge is -1.92. The van der Waals surface area contributed by atoms with Crippen molar-refractivity contribution >= 4 is 0 Å². The van der Waals surface area contributed by atoms with E-state index in [9.17, 15) is 0 Å². The molecule has 2 aliphatic heterocycles. The van der Waals surface area contributed by atoms with E-state index in [1.54, 1.807) is 0 Å². The standard InChI is InChI=1S/C8H14O3/c9-4-8-7(11-8)3-1-2-6-5-10-6/h6-9H,1-5H2. The third-order valence-electron chi connectivity index (χ3n) is 2.28. The summed E-state index contributed by atoms with van der Waals surface area (Å²) >= 11 is 0. The summed E-state index contributed by atoms with van der Waals surface area (Å²) in [5.74, 6) is 0. The zero-order valence-electron chi connectivity index (χ0n) is 6.53. The predicted molar refractivity (Wildman–Crippen MR) is 39.3 cm³/mol. The highest BCUT2D eigenvalue weighted by atomic mass is 16.6. The lowest BCUT2D eigenvalue weighted by atomic mass is 10.1. The largest absolute Gasteiger partial charge is 0.394 e. The maximum absolute atomic E-state index is 8.65. The van der Waals surface area contributed by atoms with Gasteiger partial charge in [-0.1, -0.05) is 0 Å². The van der Waals surface area contributed by atoms with E-state index in [-0.39, 0.29) is 12.7 Å². The van der Waals surface area contributed by atoms with E-state index in [0.29, 0.717) is 12.2 Å². The number of epoxide rings is 2. The van der Waals surface area contributed by atoms with Crippen LogP contribution in [0.2, 0.25) is 0 Å². The number of rotatable bonds is 5. The van der Waals surface area contributed by atoms with Crippen LogP contribution in [0.4, 0.5) is 0 Å². The smallest absolute Gasteiger partial charge is 0.107 e. The van der Waals surface area contributed by atoms with E-state index in [2.05, 4.69) is 0 Å². The van der Waals surface area contributed by atoms with Crippen LogP contribution in [0.25, 0.3) is 0 Å². The Labute approximate surface area is 66.3 Å². The number of aliphatic hydroxyl groups is 1.